The lowest BCUT2D eigenvalue weighted by Gasteiger charge is -2.45. The molecule has 2 aliphatic rings. The Labute approximate surface area is 198 Å². The Bertz CT molecular complexity index is 1160. The maximum absolute atomic E-state index is 13.4. The fraction of sp³-hybridized carbons (Fsp3) is 0.500. The van der Waals surface area contributed by atoms with Crippen LogP contribution in [0.2, 0.25) is 0 Å². The molecule has 3 atom stereocenters. The number of furan rings is 1. The summed E-state index contributed by atoms with van der Waals surface area (Å²) in [6.07, 6.45) is 2.64. The number of aromatic nitrogens is 3. The van der Waals surface area contributed by atoms with E-state index in [1.165, 1.54) is 0 Å². The fourth-order valence-corrected chi connectivity index (χ4v) is 4.89. The van der Waals surface area contributed by atoms with Gasteiger partial charge < -0.3 is 29.0 Å². The van der Waals surface area contributed by atoms with E-state index in [1.54, 1.807) is 25.4 Å². The average molecular weight is 467 g/mol. The van der Waals surface area contributed by atoms with E-state index in [9.17, 15) is 9.90 Å². The quantitative estimate of drug-likeness (QED) is 0.619. The van der Waals surface area contributed by atoms with Crippen LogP contribution in [-0.4, -0.2) is 82.3 Å². The number of rotatable bonds is 4. The highest BCUT2D eigenvalue weighted by atomic mass is 16.5. The van der Waals surface area contributed by atoms with Gasteiger partial charge in [0.05, 0.1) is 18.6 Å². The Morgan fingerprint density at radius 1 is 1.12 bits per heavy atom. The molecule has 0 bridgehead atoms. The molecule has 5 rings (SSSR count). The van der Waals surface area contributed by atoms with Crippen molar-refractivity contribution in [2.24, 2.45) is 0 Å². The number of hydrogen-bond acceptors (Lipinski definition) is 9. The molecule has 5 heterocycles. The van der Waals surface area contributed by atoms with Crippen molar-refractivity contribution in [1.82, 2.24) is 19.9 Å². The molecule has 2 aliphatic heterocycles. The van der Waals surface area contributed by atoms with Crippen LogP contribution in [0.3, 0.4) is 0 Å². The molecular weight excluding hydrogens is 436 g/mol. The van der Waals surface area contributed by atoms with E-state index in [1.807, 2.05) is 17.0 Å². The Balaban J connectivity index is 1.36. The molecule has 0 aromatic carbocycles. The molecule has 34 heavy (non-hydrogen) atoms. The number of pyridine rings is 1. The van der Waals surface area contributed by atoms with Crippen LogP contribution in [0, 0.1) is 0 Å². The molecule has 2 fully saturated rings. The van der Waals surface area contributed by atoms with Gasteiger partial charge in [-0.1, -0.05) is 0 Å². The van der Waals surface area contributed by atoms with Crippen LogP contribution in [0.1, 0.15) is 43.3 Å². The van der Waals surface area contributed by atoms with Crippen molar-refractivity contribution in [3.8, 4) is 0 Å². The maximum atomic E-state index is 13.4. The summed E-state index contributed by atoms with van der Waals surface area (Å²) in [6.45, 7) is 9.69. The zero-order valence-electron chi connectivity index (χ0n) is 19.7. The Kier molecular flexibility index (Phi) is 6.09. The van der Waals surface area contributed by atoms with E-state index in [0.717, 1.165) is 30.1 Å². The van der Waals surface area contributed by atoms with Gasteiger partial charge in [0.1, 0.15) is 23.3 Å². The second-order valence-corrected chi connectivity index (χ2v) is 9.02. The molecule has 0 aliphatic carbocycles. The molecule has 0 unspecified atom stereocenters. The van der Waals surface area contributed by atoms with Crippen molar-refractivity contribution in [1.29, 1.82) is 0 Å². The number of anilines is 2. The summed E-state index contributed by atoms with van der Waals surface area (Å²) in [5.74, 6) is 2.16. The molecule has 10 heteroatoms. The minimum atomic E-state index is -0.738. The largest absolute Gasteiger partial charge is 0.451 e. The third kappa shape index (κ3) is 4.19. The molecule has 0 radical (unpaired) electrons. The minimum Gasteiger partial charge on any atom is -0.451 e. The summed E-state index contributed by atoms with van der Waals surface area (Å²) in [5, 5.41) is 10.7. The highest BCUT2D eigenvalue weighted by Gasteiger charge is 2.34. The van der Waals surface area contributed by atoms with Gasteiger partial charge in [-0.25, -0.2) is 15.0 Å². The summed E-state index contributed by atoms with van der Waals surface area (Å²) in [5.41, 5.74) is 0.659. The normalized spacial score (nSPS) is 22.3. The van der Waals surface area contributed by atoms with Crippen molar-refractivity contribution < 1.29 is 19.1 Å². The Morgan fingerprint density at radius 3 is 2.53 bits per heavy atom. The van der Waals surface area contributed by atoms with Crippen molar-refractivity contribution >= 4 is 28.5 Å². The van der Waals surface area contributed by atoms with Gasteiger partial charge in [-0.2, -0.15) is 0 Å². The second kappa shape index (κ2) is 9.19. The first-order valence-electron chi connectivity index (χ1n) is 11.7. The molecule has 1 amide bonds. The van der Waals surface area contributed by atoms with Crippen molar-refractivity contribution in [3.05, 3.63) is 42.2 Å². The summed E-state index contributed by atoms with van der Waals surface area (Å²) in [6, 6.07) is 5.51. The summed E-state index contributed by atoms with van der Waals surface area (Å²) in [7, 11) is 0. The third-order valence-electron chi connectivity index (χ3n) is 6.45. The van der Waals surface area contributed by atoms with E-state index in [2.05, 4.69) is 38.6 Å². The van der Waals surface area contributed by atoms with Crippen molar-refractivity contribution in [3.63, 3.8) is 0 Å². The predicted molar refractivity (Wildman–Crippen MR) is 127 cm³/mol. The number of amides is 1. The number of ether oxygens (including phenoxy) is 1. The van der Waals surface area contributed by atoms with Gasteiger partial charge in [-0.05, 0) is 32.9 Å². The lowest BCUT2D eigenvalue weighted by atomic mass is 10.1. The first-order valence-corrected chi connectivity index (χ1v) is 11.7. The van der Waals surface area contributed by atoms with Gasteiger partial charge >= 0.3 is 0 Å². The van der Waals surface area contributed by atoms with Crippen molar-refractivity contribution in [2.75, 3.05) is 49.2 Å². The van der Waals surface area contributed by atoms with E-state index in [-0.39, 0.29) is 18.0 Å². The number of piperazine rings is 1. The van der Waals surface area contributed by atoms with E-state index in [4.69, 9.17) is 9.15 Å². The highest BCUT2D eigenvalue weighted by molar-refractivity contribution is 5.99. The number of nitrogens with zero attached hydrogens (tertiary/aromatic N) is 6. The van der Waals surface area contributed by atoms with Gasteiger partial charge in [-0.15, -0.1) is 0 Å². The molecule has 180 valence electrons. The van der Waals surface area contributed by atoms with E-state index in [0.29, 0.717) is 43.5 Å². The second-order valence-electron chi connectivity index (χ2n) is 9.02. The van der Waals surface area contributed by atoms with Gasteiger partial charge in [0.2, 0.25) is 0 Å². The monoisotopic (exact) mass is 466 g/mol. The topological polar surface area (TPSA) is 108 Å². The maximum Gasteiger partial charge on any atom is 0.289 e. The summed E-state index contributed by atoms with van der Waals surface area (Å²) < 4.78 is 11.4. The Hall–Kier alpha value is -3.24. The van der Waals surface area contributed by atoms with Crippen LogP contribution in [0.4, 0.5) is 11.6 Å². The fourth-order valence-electron chi connectivity index (χ4n) is 4.89. The predicted octanol–water partition coefficient (Wildman–Crippen LogP) is 2.25. The average Bonchev–Trinajstić information content (AvgIpc) is 3.28. The molecule has 2 saturated heterocycles. The minimum absolute atomic E-state index is 0.0272. The van der Waals surface area contributed by atoms with E-state index >= 15 is 0 Å². The first-order chi connectivity index (χ1) is 16.4. The lowest BCUT2D eigenvalue weighted by molar-refractivity contribution is 0.0670. The molecule has 3 aromatic rings. The van der Waals surface area contributed by atoms with Gasteiger partial charge in [-0.3, -0.25) is 4.79 Å². The number of carbonyl (C=O) groups is 1. The molecule has 3 aromatic heterocycles. The summed E-state index contributed by atoms with van der Waals surface area (Å²) in [4.78, 5) is 32.8. The van der Waals surface area contributed by atoms with Crippen LogP contribution >= 0.6 is 0 Å². The molecule has 1 N–H and O–H groups in total. The zero-order chi connectivity index (χ0) is 23.8. The van der Waals surface area contributed by atoms with Crippen LogP contribution in [0.25, 0.3) is 11.0 Å². The number of carbonyl (C=O) groups excluding carboxylic acids is 1. The smallest absolute Gasteiger partial charge is 0.289 e. The van der Waals surface area contributed by atoms with E-state index < -0.39 is 6.10 Å². The van der Waals surface area contributed by atoms with Crippen LogP contribution in [-0.2, 0) is 4.74 Å². The number of hydrogen-bond donors (Lipinski definition) is 1. The summed E-state index contributed by atoms with van der Waals surface area (Å²) >= 11 is 0. The highest BCUT2D eigenvalue weighted by Crippen LogP contribution is 2.30. The van der Waals surface area contributed by atoms with Crippen LogP contribution < -0.4 is 9.80 Å². The lowest BCUT2D eigenvalue weighted by Crippen LogP contribution is -2.58. The Morgan fingerprint density at radius 2 is 1.82 bits per heavy atom. The number of aliphatic hydroxyl groups is 1. The van der Waals surface area contributed by atoms with Gasteiger partial charge in [0.25, 0.3) is 5.91 Å². The zero-order valence-corrected chi connectivity index (χ0v) is 19.7. The number of aliphatic hydroxyl groups excluding tert-OH is 1. The molecule has 0 saturated carbocycles. The van der Waals surface area contributed by atoms with Crippen LogP contribution in [0.5, 0.6) is 0 Å². The van der Waals surface area contributed by atoms with Crippen LogP contribution in [0.15, 0.2) is 35.0 Å². The van der Waals surface area contributed by atoms with Gasteiger partial charge in [0, 0.05) is 56.7 Å². The number of morpholine rings is 1. The standard InChI is InChI=1S/C24H30N6O4/c1-15-13-29(14-16(2)30(15)21-5-7-25-22(27-21)17(3)31)24(32)20-12-18-19(34-20)4-6-26-23(18)28-8-10-33-11-9-28/h4-7,12,15-17,31H,8-11,13-14H2,1-3H3/t15-,16+,17-/m1/s1. The first kappa shape index (κ1) is 22.5. The third-order valence-corrected chi connectivity index (χ3v) is 6.45. The van der Waals surface area contributed by atoms with Gasteiger partial charge in [0.15, 0.2) is 11.6 Å². The molecule has 10 nitrogen and oxygen atoms in total. The molecule has 0 spiro atoms. The molecular formula is C24H30N6O4. The number of fused-ring (bicyclic) bond motifs is 1. The van der Waals surface area contributed by atoms with Crippen molar-refractivity contribution in [2.45, 2.75) is 39.0 Å². The SMILES string of the molecule is C[C@@H]1CN(C(=O)c2cc3c(N4CCOCC4)nccc3o2)C[C@H](C)N1c1ccnc([C@@H](C)O)n1.